The monoisotopic (exact) mass is 332 g/mol. The van der Waals surface area contributed by atoms with Crippen LogP contribution in [0.4, 0.5) is 0 Å². The van der Waals surface area contributed by atoms with Crippen LogP contribution in [0.2, 0.25) is 0 Å². The topological polar surface area (TPSA) is 150 Å². The summed E-state index contributed by atoms with van der Waals surface area (Å²) >= 11 is 0. The van der Waals surface area contributed by atoms with E-state index in [-0.39, 0.29) is 88.7 Å². The average molecular weight is 332 g/mol. The molecule has 0 saturated heterocycles. The van der Waals surface area contributed by atoms with Crippen LogP contribution in [0.5, 0.6) is 0 Å². The van der Waals surface area contributed by atoms with Crippen LogP contribution in [0.3, 0.4) is 0 Å². The fraction of sp³-hybridized carbons (Fsp3) is 0.700. The third-order valence-corrected chi connectivity index (χ3v) is 1.66. The van der Waals surface area contributed by atoms with E-state index in [1.807, 2.05) is 13.8 Å². The van der Waals surface area contributed by atoms with Crippen LogP contribution in [-0.4, -0.2) is 41.8 Å². The van der Waals surface area contributed by atoms with Crippen molar-refractivity contribution in [3.8, 4) is 0 Å². The van der Waals surface area contributed by atoms with E-state index in [2.05, 4.69) is 0 Å². The standard InChI is InChI=1S/C6H8O7.C4H10O.3Na/c7-3(8)1-6(13,5(11)12)2-4(9)10;1-3-5-4-2;;;/h13H,1-2H2,(H,7,8)(H,9,10)(H,11,12);3-4H2,1-2H3;;;/q;;3*+1/p-3. The quantitative estimate of drug-likeness (QED) is 0.451. The molecule has 0 spiro atoms. The molecule has 11 heteroatoms. The molecule has 106 valence electrons. The normalized spacial score (nSPS) is 8.71. The van der Waals surface area contributed by atoms with Crippen molar-refractivity contribution in [1.82, 2.24) is 0 Å². The number of hydrogen-bond acceptors (Lipinski definition) is 8. The summed E-state index contributed by atoms with van der Waals surface area (Å²) in [5, 5.41) is 38.9. The van der Waals surface area contributed by atoms with Crippen LogP contribution in [-0.2, 0) is 19.1 Å². The van der Waals surface area contributed by atoms with Gasteiger partial charge in [0, 0.05) is 38.0 Å². The third kappa shape index (κ3) is 21.3. The molecule has 0 atom stereocenters. The number of carbonyl (C=O) groups is 3. The molecule has 0 heterocycles. The molecule has 0 amide bonds. The zero-order valence-electron chi connectivity index (χ0n) is 13.1. The minimum absolute atomic E-state index is 0. The SMILES string of the molecule is CCOCC.O=C([O-])CC(O)(CC(=O)[O-])C(=O)[O-].[Na+].[Na+].[Na+]. The van der Waals surface area contributed by atoms with Crippen LogP contribution in [0.25, 0.3) is 0 Å². The van der Waals surface area contributed by atoms with Gasteiger partial charge in [0.1, 0.15) is 5.60 Å². The summed E-state index contributed by atoms with van der Waals surface area (Å²) in [6.45, 7) is 5.67. The Bertz CT molecular complexity index is 280. The van der Waals surface area contributed by atoms with Crippen LogP contribution in [0, 0.1) is 0 Å². The molecule has 0 aliphatic heterocycles. The van der Waals surface area contributed by atoms with Gasteiger partial charge in [0.2, 0.25) is 0 Å². The first-order valence-corrected chi connectivity index (χ1v) is 5.10. The number of hydrogen-bond donors (Lipinski definition) is 1. The number of aliphatic hydroxyl groups is 1. The summed E-state index contributed by atoms with van der Waals surface area (Å²) < 4.78 is 4.83. The maximum Gasteiger partial charge on any atom is 1.00 e. The van der Waals surface area contributed by atoms with Crippen molar-refractivity contribution in [2.24, 2.45) is 0 Å². The Labute approximate surface area is 189 Å². The first-order valence-electron chi connectivity index (χ1n) is 5.10. The minimum atomic E-state index is -2.97. The molecule has 0 aromatic rings. The van der Waals surface area contributed by atoms with Gasteiger partial charge in [-0.05, 0) is 13.8 Å². The molecule has 8 nitrogen and oxygen atoms in total. The van der Waals surface area contributed by atoms with Crippen LogP contribution < -0.4 is 104 Å². The van der Waals surface area contributed by atoms with E-state index in [0.717, 1.165) is 13.2 Å². The number of rotatable bonds is 7. The predicted molar refractivity (Wildman–Crippen MR) is 51.4 cm³/mol. The molecule has 0 saturated carbocycles. The summed E-state index contributed by atoms with van der Waals surface area (Å²) in [5.41, 5.74) is -2.97. The summed E-state index contributed by atoms with van der Waals surface area (Å²) in [6.07, 6.45) is -2.72. The molecule has 0 aromatic heterocycles. The van der Waals surface area contributed by atoms with Gasteiger partial charge in [0.15, 0.2) is 0 Å². The predicted octanol–water partition coefficient (Wildman–Crippen LogP) is -13.2. The molecular weight excluding hydrogens is 317 g/mol. The van der Waals surface area contributed by atoms with E-state index in [4.69, 9.17) is 9.84 Å². The summed E-state index contributed by atoms with van der Waals surface area (Å²) in [6, 6.07) is 0. The van der Waals surface area contributed by atoms with Crippen molar-refractivity contribution in [2.75, 3.05) is 13.2 Å². The molecular formula is C10H15Na3O8. The van der Waals surface area contributed by atoms with Gasteiger partial charge in [-0.25, -0.2) is 0 Å². The van der Waals surface area contributed by atoms with Crippen molar-refractivity contribution >= 4 is 17.9 Å². The van der Waals surface area contributed by atoms with E-state index in [1.54, 1.807) is 0 Å². The van der Waals surface area contributed by atoms with Crippen molar-refractivity contribution < 1.29 is 128 Å². The van der Waals surface area contributed by atoms with Gasteiger partial charge in [-0.1, -0.05) is 0 Å². The zero-order valence-corrected chi connectivity index (χ0v) is 19.1. The summed E-state index contributed by atoms with van der Waals surface area (Å²) in [4.78, 5) is 30.0. The van der Waals surface area contributed by atoms with Gasteiger partial charge in [0.05, 0.1) is 5.97 Å². The molecule has 0 aliphatic rings. The molecule has 0 radical (unpaired) electrons. The zero-order chi connectivity index (χ0) is 14.8. The van der Waals surface area contributed by atoms with Crippen LogP contribution in [0.15, 0.2) is 0 Å². The Morgan fingerprint density at radius 3 is 1.29 bits per heavy atom. The number of carboxylic acid groups (broad SMARTS) is 3. The molecule has 0 rings (SSSR count). The second-order valence-electron chi connectivity index (χ2n) is 3.20. The Balaban J connectivity index is -0.0000000933. The Morgan fingerprint density at radius 2 is 1.19 bits per heavy atom. The second-order valence-corrected chi connectivity index (χ2v) is 3.20. The molecule has 0 aromatic carbocycles. The van der Waals surface area contributed by atoms with E-state index >= 15 is 0 Å². The maximum atomic E-state index is 10.1. The number of aliphatic carboxylic acids is 3. The molecule has 0 fully saturated rings. The van der Waals surface area contributed by atoms with Gasteiger partial charge in [0.25, 0.3) is 0 Å². The first kappa shape index (κ1) is 33.8. The van der Waals surface area contributed by atoms with Gasteiger partial charge in [-0.15, -0.1) is 0 Å². The maximum absolute atomic E-state index is 10.1. The summed E-state index contributed by atoms with van der Waals surface area (Å²) in [7, 11) is 0. The smallest absolute Gasteiger partial charge is 0.550 e. The Morgan fingerprint density at radius 1 is 0.905 bits per heavy atom. The van der Waals surface area contributed by atoms with Crippen molar-refractivity contribution in [2.45, 2.75) is 32.3 Å². The number of carboxylic acids is 3. The summed E-state index contributed by atoms with van der Waals surface area (Å²) in [5.74, 6) is -5.98. The molecule has 0 aliphatic carbocycles. The molecule has 0 bridgehead atoms. The number of ether oxygens (including phenoxy) is 1. The van der Waals surface area contributed by atoms with Crippen LogP contribution >= 0.6 is 0 Å². The van der Waals surface area contributed by atoms with Gasteiger partial charge in [-0.3, -0.25) is 0 Å². The fourth-order valence-electron chi connectivity index (χ4n) is 0.889. The van der Waals surface area contributed by atoms with E-state index in [0.29, 0.717) is 0 Å². The third-order valence-electron chi connectivity index (χ3n) is 1.66. The Kier molecular flexibility index (Phi) is 31.2. The molecule has 1 N–H and O–H groups in total. The van der Waals surface area contributed by atoms with Crippen molar-refractivity contribution in [3.05, 3.63) is 0 Å². The van der Waals surface area contributed by atoms with Crippen molar-refractivity contribution in [1.29, 1.82) is 0 Å². The first-order chi connectivity index (χ1) is 8.19. The van der Waals surface area contributed by atoms with Gasteiger partial charge in [-0.2, -0.15) is 0 Å². The second kappa shape index (κ2) is 19.4. The Hall–Kier alpha value is 1.33. The van der Waals surface area contributed by atoms with E-state index in [9.17, 15) is 29.7 Å². The van der Waals surface area contributed by atoms with E-state index in [1.165, 1.54) is 0 Å². The molecule has 21 heavy (non-hydrogen) atoms. The minimum Gasteiger partial charge on any atom is -0.550 e. The average Bonchev–Trinajstić information content (AvgIpc) is 2.16. The number of carbonyl (C=O) groups excluding carboxylic acids is 3. The van der Waals surface area contributed by atoms with E-state index < -0.39 is 36.4 Å². The largest absolute Gasteiger partial charge is 1.00 e. The van der Waals surface area contributed by atoms with Gasteiger partial charge >= 0.3 is 88.7 Å². The van der Waals surface area contributed by atoms with Crippen LogP contribution in [0.1, 0.15) is 26.7 Å². The van der Waals surface area contributed by atoms with Crippen molar-refractivity contribution in [3.63, 3.8) is 0 Å². The molecule has 0 unspecified atom stereocenters. The fourth-order valence-corrected chi connectivity index (χ4v) is 0.889. The van der Waals surface area contributed by atoms with Gasteiger partial charge < -0.3 is 39.5 Å².